The van der Waals surface area contributed by atoms with Crippen LogP contribution in [0.3, 0.4) is 0 Å². The molecule has 1 amide bonds. The van der Waals surface area contributed by atoms with Crippen LogP contribution in [0.4, 0.5) is 5.69 Å². The van der Waals surface area contributed by atoms with Gasteiger partial charge in [-0.25, -0.2) is 10.4 Å². The van der Waals surface area contributed by atoms with Crippen LogP contribution in [0.25, 0.3) is 0 Å². The number of hydrazine groups is 1. The van der Waals surface area contributed by atoms with Gasteiger partial charge in [0.05, 0.1) is 5.69 Å². The van der Waals surface area contributed by atoms with Crippen molar-refractivity contribution in [3.05, 3.63) is 29.3 Å². The molecule has 19 heavy (non-hydrogen) atoms. The molecule has 0 spiro atoms. The van der Waals surface area contributed by atoms with Gasteiger partial charge in [-0.1, -0.05) is 33.3 Å². The van der Waals surface area contributed by atoms with Crippen LogP contribution in [0.15, 0.2) is 18.2 Å². The van der Waals surface area contributed by atoms with E-state index in [0.717, 1.165) is 31.4 Å². The van der Waals surface area contributed by atoms with Crippen LogP contribution < -0.4 is 10.4 Å². The van der Waals surface area contributed by atoms with Gasteiger partial charge in [0.25, 0.3) is 0 Å². The van der Waals surface area contributed by atoms with Crippen molar-refractivity contribution in [3.8, 4) is 0 Å². The zero-order valence-electron chi connectivity index (χ0n) is 12.6. The fourth-order valence-electron chi connectivity index (χ4n) is 2.32. The molecule has 0 unspecified atom stereocenters. The minimum Gasteiger partial charge on any atom is -0.273 e. The second-order valence-electron chi connectivity index (χ2n) is 4.76. The van der Waals surface area contributed by atoms with E-state index in [-0.39, 0.29) is 5.91 Å². The molecule has 1 aromatic rings. The second kappa shape index (κ2) is 7.95. The number of nitrogens with one attached hydrogen (secondary N) is 1. The summed E-state index contributed by atoms with van der Waals surface area (Å²) in [4.78, 5) is 12.0. The van der Waals surface area contributed by atoms with Crippen molar-refractivity contribution in [1.82, 2.24) is 5.43 Å². The number of aryl methyl sites for hydroxylation is 2. The van der Waals surface area contributed by atoms with Crippen LogP contribution in [0.1, 0.15) is 51.2 Å². The largest absolute Gasteiger partial charge is 0.273 e. The van der Waals surface area contributed by atoms with Crippen LogP contribution in [-0.4, -0.2) is 13.0 Å². The van der Waals surface area contributed by atoms with Gasteiger partial charge in [0.2, 0.25) is 5.91 Å². The molecule has 0 aromatic heterocycles. The first-order valence-corrected chi connectivity index (χ1v) is 7.29. The topological polar surface area (TPSA) is 32.3 Å². The number of hydrogen-bond donors (Lipinski definition) is 1. The Balaban J connectivity index is 3.01. The van der Waals surface area contributed by atoms with Gasteiger partial charge in [-0.15, -0.1) is 0 Å². The Labute approximate surface area is 117 Å². The molecule has 0 fully saturated rings. The molecule has 0 bridgehead atoms. The third-order valence-corrected chi connectivity index (χ3v) is 3.29. The van der Waals surface area contributed by atoms with Crippen molar-refractivity contribution in [2.24, 2.45) is 0 Å². The molecule has 0 atom stereocenters. The number of rotatable bonds is 7. The average molecular weight is 262 g/mol. The van der Waals surface area contributed by atoms with Gasteiger partial charge < -0.3 is 0 Å². The summed E-state index contributed by atoms with van der Waals surface area (Å²) in [5.74, 6) is 0.121. The summed E-state index contributed by atoms with van der Waals surface area (Å²) in [5, 5.41) is 1.65. The second-order valence-corrected chi connectivity index (χ2v) is 4.76. The first-order chi connectivity index (χ1) is 9.17. The maximum atomic E-state index is 12.0. The van der Waals surface area contributed by atoms with E-state index in [1.54, 1.807) is 12.1 Å². The van der Waals surface area contributed by atoms with E-state index in [1.807, 2.05) is 13.0 Å². The Hall–Kier alpha value is -1.35. The molecule has 0 saturated heterocycles. The predicted molar refractivity (Wildman–Crippen MR) is 81.3 cm³/mol. The molecule has 106 valence electrons. The highest BCUT2D eigenvalue weighted by Gasteiger charge is 2.14. The van der Waals surface area contributed by atoms with E-state index in [2.05, 4.69) is 31.4 Å². The normalized spacial score (nSPS) is 10.5. The Morgan fingerprint density at radius 3 is 2.42 bits per heavy atom. The Morgan fingerprint density at radius 1 is 1.16 bits per heavy atom. The fourth-order valence-corrected chi connectivity index (χ4v) is 2.32. The van der Waals surface area contributed by atoms with Gasteiger partial charge in [-0.3, -0.25) is 4.79 Å². The van der Waals surface area contributed by atoms with Crippen LogP contribution in [-0.2, 0) is 17.6 Å². The van der Waals surface area contributed by atoms with Crippen LogP contribution in [0.5, 0.6) is 0 Å². The summed E-state index contributed by atoms with van der Waals surface area (Å²) < 4.78 is 0. The third kappa shape index (κ3) is 4.06. The first kappa shape index (κ1) is 15.7. The summed E-state index contributed by atoms with van der Waals surface area (Å²) in [6.07, 6.45) is 4.69. The first-order valence-electron chi connectivity index (χ1n) is 7.29. The summed E-state index contributed by atoms with van der Waals surface area (Å²) in [5.41, 5.74) is 6.66. The number of carbonyl (C=O) groups excluding carboxylic acids is 1. The highest BCUT2D eigenvalue weighted by atomic mass is 16.2. The summed E-state index contributed by atoms with van der Waals surface area (Å²) in [6, 6.07) is 6.32. The van der Waals surface area contributed by atoms with Gasteiger partial charge in [0, 0.05) is 13.5 Å². The zero-order valence-corrected chi connectivity index (χ0v) is 12.6. The van der Waals surface area contributed by atoms with Crippen LogP contribution in [0.2, 0.25) is 0 Å². The Kier molecular flexibility index (Phi) is 6.57. The SMILES string of the molecule is CCCC(=O)N(NC)c1ccc(CCC)c(CC)c1. The summed E-state index contributed by atoms with van der Waals surface area (Å²) in [6.45, 7) is 6.38. The Morgan fingerprint density at radius 2 is 1.89 bits per heavy atom. The number of carbonyl (C=O) groups is 1. The third-order valence-electron chi connectivity index (χ3n) is 3.29. The van der Waals surface area contributed by atoms with Gasteiger partial charge in [0.15, 0.2) is 0 Å². The minimum atomic E-state index is 0.121. The van der Waals surface area contributed by atoms with Gasteiger partial charge >= 0.3 is 0 Å². The van der Waals surface area contributed by atoms with Crippen molar-refractivity contribution in [2.45, 2.75) is 52.9 Å². The number of anilines is 1. The van der Waals surface area contributed by atoms with E-state index in [0.29, 0.717) is 6.42 Å². The van der Waals surface area contributed by atoms with Crippen molar-refractivity contribution in [2.75, 3.05) is 12.1 Å². The molecule has 3 nitrogen and oxygen atoms in total. The number of hydrogen-bond acceptors (Lipinski definition) is 2. The molecule has 0 radical (unpaired) electrons. The van der Waals surface area contributed by atoms with E-state index < -0.39 is 0 Å². The van der Waals surface area contributed by atoms with E-state index in [4.69, 9.17) is 0 Å². The lowest BCUT2D eigenvalue weighted by atomic mass is 10.0. The molecular formula is C16H26N2O. The molecule has 1 aromatic carbocycles. The van der Waals surface area contributed by atoms with E-state index in [9.17, 15) is 4.79 Å². The maximum Gasteiger partial charge on any atom is 0.241 e. The van der Waals surface area contributed by atoms with Crippen molar-refractivity contribution in [3.63, 3.8) is 0 Å². The molecular weight excluding hydrogens is 236 g/mol. The van der Waals surface area contributed by atoms with Crippen molar-refractivity contribution in [1.29, 1.82) is 0 Å². The molecule has 3 heteroatoms. The van der Waals surface area contributed by atoms with E-state index in [1.165, 1.54) is 11.1 Å². The number of benzene rings is 1. The van der Waals surface area contributed by atoms with Crippen LogP contribution in [0, 0.1) is 0 Å². The highest BCUT2D eigenvalue weighted by molar-refractivity contribution is 5.92. The van der Waals surface area contributed by atoms with Crippen molar-refractivity contribution < 1.29 is 4.79 Å². The fraction of sp³-hybridized carbons (Fsp3) is 0.562. The van der Waals surface area contributed by atoms with E-state index >= 15 is 0 Å². The molecule has 0 aliphatic heterocycles. The zero-order chi connectivity index (χ0) is 14.3. The molecule has 1 N–H and O–H groups in total. The smallest absolute Gasteiger partial charge is 0.241 e. The lowest BCUT2D eigenvalue weighted by Crippen LogP contribution is -2.40. The highest BCUT2D eigenvalue weighted by Crippen LogP contribution is 2.21. The lowest BCUT2D eigenvalue weighted by Gasteiger charge is -2.22. The standard InChI is InChI=1S/C16H26N2O/c1-5-8-14-10-11-15(12-13(14)7-3)18(17-4)16(19)9-6-2/h10-12,17H,5-9H2,1-4H3. The maximum absolute atomic E-state index is 12.0. The van der Waals surface area contributed by atoms with Gasteiger partial charge in [0.1, 0.15) is 0 Å². The molecule has 0 aliphatic rings. The summed E-state index contributed by atoms with van der Waals surface area (Å²) in [7, 11) is 1.79. The molecule has 0 heterocycles. The van der Waals surface area contributed by atoms with Gasteiger partial charge in [-0.05, 0) is 42.5 Å². The summed E-state index contributed by atoms with van der Waals surface area (Å²) >= 11 is 0. The molecule has 1 rings (SSSR count). The monoisotopic (exact) mass is 262 g/mol. The molecule has 0 saturated carbocycles. The Bertz CT molecular complexity index is 415. The van der Waals surface area contributed by atoms with Crippen LogP contribution >= 0.6 is 0 Å². The van der Waals surface area contributed by atoms with Crippen molar-refractivity contribution >= 4 is 11.6 Å². The quantitative estimate of drug-likeness (QED) is 0.763. The lowest BCUT2D eigenvalue weighted by molar-refractivity contribution is -0.119. The molecule has 0 aliphatic carbocycles. The predicted octanol–water partition coefficient (Wildman–Crippen LogP) is 3.47. The minimum absolute atomic E-state index is 0.121. The average Bonchev–Trinajstić information content (AvgIpc) is 2.41. The number of nitrogens with zero attached hydrogens (tertiary/aromatic N) is 1. The number of amides is 1. The van der Waals surface area contributed by atoms with Gasteiger partial charge in [-0.2, -0.15) is 0 Å².